The summed E-state index contributed by atoms with van der Waals surface area (Å²) < 4.78 is 40.5. The molecule has 1 fully saturated rings. The maximum absolute atomic E-state index is 12.9. The number of carbonyl (C=O) groups excluding carboxylic acids is 1. The zero-order chi connectivity index (χ0) is 18.0. The molecule has 2 heterocycles. The Hall–Kier alpha value is -2.32. The topological polar surface area (TPSA) is 76.5 Å². The van der Waals surface area contributed by atoms with Gasteiger partial charge in [0.2, 0.25) is 10.0 Å². The van der Waals surface area contributed by atoms with Gasteiger partial charge in [0.1, 0.15) is 5.82 Å². The van der Waals surface area contributed by atoms with Crippen LogP contribution in [0.3, 0.4) is 0 Å². The molecule has 0 N–H and O–H groups in total. The number of benzene rings is 1. The molecule has 0 radical (unpaired) electrons. The fraction of sp³-hybridized carbons (Fsp3) is 0.294. The third kappa shape index (κ3) is 3.69. The Bertz CT molecular complexity index is 945. The van der Waals surface area contributed by atoms with E-state index < -0.39 is 27.2 Å². The number of halogens is 1. The van der Waals surface area contributed by atoms with Crippen LogP contribution in [0.25, 0.3) is 0 Å². The highest BCUT2D eigenvalue weighted by molar-refractivity contribution is 7.89. The number of hydrogen-bond acceptors (Lipinski definition) is 4. The third-order valence-corrected chi connectivity index (χ3v) is 6.02. The molecule has 1 aromatic carbocycles. The summed E-state index contributed by atoms with van der Waals surface area (Å²) in [5.41, 5.74) is -0.225. The van der Waals surface area contributed by atoms with Crippen molar-refractivity contribution in [3.05, 3.63) is 64.3 Å². The van der Waals surface area contributed by atoms with Gasteiger partial charge in [-0.25, -0.2) is 12.8 Å². The molecule has 3 rings (SSSR count). The molecule has 0 amide bonds. The van der Waals surface area contributed by atoms with Crippen LogP contribution < -0.4 is 5.56 Å². The average molecular weight is 364 g/mol. The molecule has 25 heavy (non-hydrogen) atoms. The highest BCUT2D eigenvalue weighted by Crippen LogP contribution is 2.19. The van der Waals surface area contributed by atoms with Crippen molar-refractivity contribution < 1.29 is 17.6 Å². The van der Waals surface area contributed by atoms with Crippen molar-refractivity contribution in [2.24, 2.45) is 0 Å². The normalized spacial score (nSPS) is 15.4. The lowest BCUT2D eigenvalue weighted by Crippen LogP contribution is -2.30. The van der Waals surface area contributed by atoms with Gasteiger partial charge < -0.3 is 4.57 Å². The van der Waals surface area contributed by atoms with Crippen LogP contribution >= 0.6 is 0 Å². The molecule has 0 bridgehead atoms. The Labute approximate surface area is 144 Å². The number of carbonyl (C=O) groups is 1. The summed E-state index contributed by atoms with van der Waals surface area (Å²) in [6.07, 6.45) is 2.81. The number of pyridine rings is 1. The molecule has 1 saturated heterocycles. The molecule has 2 aromatic rings. The van der Waals surface area contributed by atoms with Gasteiger partial charge in [-0.05, 0) is 43.2 Å². The minimum absolute atomic E-state index is 0.0130. The van der Waals surface area contributed by atoms with Crippen LogP contribution in [0.1, 0.15) is 23.2 Å². The molecule has 0 spiro atoms. The van der Waals surface area contributed by atoms with E-state index >= 15 is 0 Å². The second-order valence-corrected chi connectivity index (χ2v) is 7.81. The summed E-state index contributed by atoms with van der Waals surface area (Å²) in [6, 6.07) is 7.37. The maximum atomic E-state index is 12.9. The lowest BCUT2D eigenvalue weighted by atomic mass is 10.1. The quantitative estimate of drug-likeness (QED) is 0.756. The van der Waals surface area contributed by atoms with Crippen LogP contribution in [0.15, 0.2) is 52.3 Å². The van der Waals surface area contributed by atoms with E-state index in [-0.39, 0.29) is 17.0 Å². The number of aromatic nitrogens is 1. The lowest BCUT2D eigenvalue weighted by Gasteiger charge is -2.16. The minimum atomic E-state index is -3.67. The first-order valence-corrected chi connectivity index (χ1v) is 9.31. The summed E-state index contributed by atoms with van der Waals surface area (Å²) in [5.74, 6) is -0.870. The maximum Gasteiger partial charge on any atom is 0.251 e. The Morgan fingerprint density at radius 1 is 1.04 bits per heavy atom. The molecular weight excluding hydrogens is 347 g/mol. The summed E-state index contributed by atoms with van der Waals surface area (Å²) in [4.78, 5) is 24.2. The minimum Gasteiger partial charge on any atom is -0.306 e. The standard InChI is InChI=1S/C17H17FN2O4S/c18-14-5-3-13(4-6-14)16(21)12-19-11-15(7-8-17(19)22)25(23,24)20-9-1-2-10-20/h3-8,11H,1-2,9-10,12H2. The van der Waals surface area contributed by atoms with Gasteiger partial charge in [0.05, 0.1) is 11.4 Å². The second kappa shape index (κ2) is 6.89. The van der Waals surface area contributed by atoms with Gasteiger partial charge in [0.25, 0.3) is 5.56 Å². The van der Waals surface area contributed by atoms with Crippen LogP contribution in [0.5, 0.6) is 0 Å². The summed E-state index contributed by atoms with van der Waals surface area (Å²) >= 11 is 0. The van der Waals surface area contributed by atoms with Crippen LogP contribution in [0.2, 0.25) is 0 Å². The fourth-order valence-corrected chi connectivity index (χ4v) is 4.28. The second-order valence-electron chi connectivity index (χ2n) is 5.87. The molecule has 0 unspecified atom stereocenters. The molecule has 0 aliphatic carbocycles. The predicted molar refractivity (Wildman–Crippen MR) is 89.4 cm³/mol. The van der Waals surface area contributed by atoms with Crippen LogP contribution in [-0.4, -0.2) is 36.2 Å². The molecule has 1 aromatic heterocycles. The molecule has 132 valence electrons. The van der Waals surface area contributed by atoms with Crippen LogP contribution in [-0.2, 0) is 16.6 Å². The van der Waals surface area contributed by atoms with Gasteiger partial charge in [-0.1, -0.05) is 0 Å². The van der Waals surface area contributed by atoms with E-state index in [2.05, 4.69) is 0 Å². The molecule has 8 heteroatoms. The first-order chi connectivity index (χ1) is 11.9. The number of ketones is 1. The van der Waals surface area contributed by atoms with Crippen molar-refractivity contribution in [2.45, 2.75) is 24.3 Å². The van der Waals surface area contributed by atoms with Crippen molar-refractivity contribution >= 4 is 15.8 Å². The monoisotopic (exact) mass is 364 g/mol. The summed E-state index contributed by atoms with van der Waals surface area (Å²) in [6.45, 7) is 0.597. The van der Waals surface area contributed by atoms with Crippen LogP contribution in [0.4, 0.5) is 4.39 Å². The van der Waals surface area contributed by atoms with Crippen molar-refractivity contribution in [3.8, 4) is 0 Å². The molecule has 0 saturated carbocycles. The van der Waals surface area contributed by atoms with Gasteiger partial charge in [-0.15, -0.1) is 0 Å². The van der Waals surface area contributed by atoms with Gasteiger partial charge >= 0.3 is 0 Å². The number of Topliss-reactive ketones (excluding diaryl/α,β-unsaturated/α-hetero) is 1. The van der Waals surface area contributed by atoms with E-state index in [4.69, 9.17) is 0 Å². The Morgan fingerprint density at radius 3 is 2.32 bits per heavy atom. The SMILES string of the molecule is O=C(Cn1cc(S(=O)(=O)N2CCCC2)ccc1=O)c1ccc(F)cc1. The van der Waals surface area contributed by atoms with E-state index in [1.54, 1.807) is 0 Å². The first-order valence-electron chi connectivity index (χ1n) is 7.87. The van der Waals surface area contributed by atoms with E-state index in [1.165, 1.54) is 28.7 Å². The first kappa shape index (κ1) is 17.5. The van der Waals surface area contributed by atoms with Crippen molar-refractivity contribution in [1.82, 2.24) is 8.87 Å². The fourth-order valence-electron chi connectivity index (χ4n) is 2.74. The predicted octanol–water partition coefficient (Wildman–Crippen LogP) is 1.65. The van der Waals surface area contributed by atoms with Crippen LogP contribution in [0, 0.1) is 5.82 Å². The zero-order valence-corrected chi connectivity index (χ0v) is 14.2. The highest BCUT2D eigenvalue weighted by atomic mass is 32.2. The molecular formula is C17H17FN2O4S. The molecule has 0 atom stereocenters. The lowest BCUT2D eigenvalue weighted by molar-refractivity contribution is 0.0970. The largest absolute Gasteiger partial charge is 0.306 e. The van der Waals surface area contributed by atoms with E-state index in [0.717, 1.165) is 35.6 Å². The number of nitrogens with zero attached hydrogens (tertiary/aromatic N) is 2. The Balaban J connectivity index is 1.88. The van der Waals surface area contributed by atoms with E-state index in [1.807, 2.05) is 0 Å². The zero-order valence-electron chi connectivity index (χ0n) is 13.4. The van der Waals surface area contributed by atoms with Crippen molar-refractivity contribution in [2.75, 3.05) is 13.1 Å². The van der Waals surface area contributed by atoms with Crippen molar-refractivity contribution in [1.29, 1.82) is 0 Å². The van der Waals surface area contributed by atoms with Crippen molar-refractivity contribution in [3.63, 3.8) is 0 Å². The summed E-state index contributed by atoms with van der Waals surface area (Å²) in [5, 5.41) is 0. The number of rotatable bonds is 5. The molecule has 6 nitrogen and oxygen atoms in total. The van der Waals surface area contributed by atoms with Gasteiger partial charge in [-0.3, -0.25) is 9.59 Å². The van der Waals surface area contributed by atoms with E-state index in [0.29, 0.717) is 13.1 Å². The van der Waals surface area contributed by atoms with Gasteiger partial charge in [0.15, 0.2) is 5.78 Å². The third-order valence-electron chi connectivity index (χ3n) is 4.14. The average Bonchev–Trinajstić information content (AvgIpc) is 3.12. The molecule has 1 aliphatic rings. The van der Waals surface area contributed by atoms with Gasteiger partial charge in [-0.2, -0.15) is 4.31 Å². The number of hydrogen-bond donors (Lipinski definition) is 0. The van der Waals surface area contributed by atoms with Gasteiger partial charge in [0, 0.05) is 30.9 Å². The van der Waals surface area contributed by atoms with E-state index in [9.17, 15) is 22.4 Å². The molecule has 1 aliphatic heterocycles. The highest BCUT2D eigenvalue weighted by Gasteiger charge is 2.27. The Morgan fingerprint density at radius 2 is 1.68 bits per heavy atom. The summed E-state index contributed by atoms with van der Waals surface area (Å²) in [7, 11) is -3.67. The number of sulfonamides is 1. The Kier molecular flexibility index (Phi) is 4.82. The smallest absolute Gasteiger partial charge is 0.251 e.